The molecule has 5 aromatic rings. The predicted molar refractivity (Wildman–Crippen MR) is 212 cm³/mol. The van der Waals surface area contributed by atoms with E-state index in [-0.39, 0.29) is 42.1 Å². The third-order valence-electron chi connectivity index (χ3n) is 9.84. The molecule has 0 saturated heterocycles. The molecule has 2 aromatic carbocycles. The zero-order valence-corrected chi connectivity index (χ0v) is 32.7. The number of carbonyl (C=O) groups excluding carboxylic acids is 2. The Hall–Kier alpha value is -4.48. The fourth-order valence-electron chi connectivity index (χ4n) is 6.76. The average molecular weight is 811 g/mol. The molecule has 13 nitrogen and oxygen atoms in total. The van der Waals surface area contributed by atoms with Crippen molar-refractivity contribution >= 4 is 63.1 Å². The standard InChI is InChI=1S/C39H43ClN4O9S2/c1-43(25-9-11-27(12-10-25)53-37(48)39(50,33-5-3-19-54-33)34-6-4-20-55-34)17-18-52-38(49)44(40)26-8-7-24(32(21-26)51-2)22-41-23-31(46)28-13-15-30(45)36-29(28)14-16-35(47)42-36/h3-8,13-16,19-21,25,27,31,41,45-46,50H,9-12,17-18,22-23H2,1-2H3,(H,42,47). The molecule has 292 valence electrons. The summed E-state index contributed by atoms with van der Waals surface area (Å²) in [4.78, 5) is 43.7. The smallest absolute Gasteiger partial charge is 0.429 e. The van der Waals surface area contributed by atoms with E-state index >= 15 is 0 Å². The summed E-state index contributed by atoms with van der Waals surface area (Å²) in [5, 5.41) is 39.9. The van der Waals surface area contributed by atoms with Crippen molar-refractivity contribution < 1.29 is 39.1 Å². The number of aliphatic hydroxyl groups excluding tert-OH is 1. The molecule has 1 fully saturated rings. The van der Waals surface area contributed by atoms with Gasteiger partial charge in [-0.2, -0.15) is 4.42 Å². The Kier molecular flexibility index (Phi) is 13.1. The number of thiophene rings is 2. The van der Waals surface area contributed by atoms with Gasteiger partial charge in [0, 0.05) is 60.5 Å². The van der Waals surface area contributed by atoms with Crippen LogP contribution in [0, 0.1) is 0 Å². The van der Waals surface area contributed by atoms with Gasteiger partial charge in [-0.1, -0.05) is 24.3 Å². The summed E-state index contributed by atoms with van der Waals surface area (Å²) in [6.45, 7) is 1.07. The Bertz CT molecular complexity index is 2090. The van der Waals surface area contributed by atoms with Crippen LogP contribution in [-0.2, 0) is 26.4 Å². The number of phenols is 1. The highest BCUT2D eigenvalue weighted by Gasteiger charge is 2.45. The molecule has 0 radical (unpaired) electrons. The highest BCUT2D eigenvalue weighted by atomic mass is 35.5. The molecule has 3 aromatic heterocycles. The molecule has 1 saturated carbocycles. The van der Waals surface area contributed by atoms with E-state index in [9.17, 15) is 29.7 Å². The first kappa shape index (κ1) is 40.2. The van der Waals surface area contributed by atoms with Gasteiger partial charge in [0.1, 0.15) is 24.2 Å². The number of hydrogen-bond donors (Lipinski definition) is 5. The quantitative estimate of drug-likeness (QED) is 0.0620. The maximum absolute atomic E-state index is 13.4. The first-order valence-electron chi connectivity index (χ1n) is 17.7. The van der Waals surface area contributed by atoms with Gasteiger partial charge in [-0.25, -0.2) is 9.59 Å². The SMILES string of the molecule is COc1cc(N(Cl)C(=O)OCCN(C)C2CCC(OC(=O)C(O)(c3cccs3)c3cccs3)CC2)ccc1CNCC(O)c1ccc(O)c2[nH]c(=O)ccc12. The topological polar surface area (TPSA) is 174 Å². The van der Waals surface area contributed by atoms with Crippen molar-refractivity contribution in [1.29, 1.82) is 0 Å². The zero-order valence-electron chi connectivity index (χ0n) is 30.3. The minimum atomic E-state index is -1.83. The van der Waals surface area contributed by atoms with Gasteiger partial charge in [0.2, 0.25) is 11.2 Å². The number of H-pyrrole nitrogens is 1. The van der Waals surface area contributed by atoms with Crippen molar-refractivity contribution in [3.63, 3.8) is 0 Å². The summed E-state index contributed by atoms with van der Waals surface area (Å²) in [5.74, 6) is -0.278. The predicted octanol–water partition coefficient (Wildman–Crippen LogP) is 6.01. The first-order chi connectivity index (χ1) is 26.5. The summed E-state index contributed by atoms with van der Waals surface area (Å²) in [7, 11) is 3.46. The number of fused-ring (bicyclic) bond motifs is 1. The van der Waals surface area contributed by atoms with Gasteiger partial charge >= 0.3 is 12.1 Å². The molecule has 0 spiro atoms. The number of ether oxygens (including phenoxy) is 3. The number of likely N-dealkylation sites (N-methyl/N-ethyl adjacent to an activating group) is 1. The number of benzene rings is 2. The van der Waals surface area contributed by atoms with Crippen LogP contribution in [0.3, 0.4) is 0 Å². The highest BCUT2D eigenvalue weighted by molar-refractivity contribution is 7.12. The van der Waals surface area contributed by atoms with Crippen molar-refractivity contribution in [2.75, 3.05) is 38.3 Å². The van der Waals surface area contributed by atoms with E-state index in [2.05, 4.69) is 15.2 Å². The fourth-order valence-corrected chi connectivity index (χ4v) is 8.63. The minimum absolute atomic E-state index is 0.0849. The van der Waals surface area contributed by atoms with E-state index in [1.807, 2.05) is 17.8 Å². The Labute approximate surface area is 330 Å². The molecular formula is C39H43ClN4O9S2. The number of aromatic amines is 1. The van der Waals surface area contributed by atoms with Gasteiger partial charge in [-0.05, 0) is 79.4 Å². The molecule has 1 amide bonds. The second kappa shape index (κ2) is 18.0. The molecule has 6 rings (SSSR count). The van der Waals surface area contributed by atoms with E-state index < -0.39 is 23.8 Å². The number of halogens is 1. The van der Waals surface area contributed by atoms with Gasteiger partial charge < -0.3 is 44.7 Å². The number of anilines is 1. The summed E-state index contributed by atoms with van der Waals surface area (Å²) < 4.78 is 17.8. The van der Waals surface area contributed by atoms with Gasteiger partial charge in [0.05, 0.1) is 34.2 Å². The molecule has 3 heterocycles. The van der Waals surface area contributed by atoms with E-state index in [0.29, 0.717) is 58.1 Å². The van der Waals surface area contributed by atoms with Crippen molar-refractivity contribution in [2.24, 2.45) is 0 Å². The maximum Gasteiger partial charge on any atom is 0.429 e. The molecule has 1 aliphatic rings. The van der Waals surface area contributed by atoms with Crippen LogP contribution in [-0.4, -0.2) is 83.3 Å². The molecule has 0 bridgehead atoms. The van der Waals surface area contributed by atoms with Crippen LogP contribution in [0.5, 0.6) is 11.5 Å². The Balaban J connectivity index is 0.941. The number of rotatable bonds is 15. The molecule has 5 N–H and O–H groups in total. The summed E-state index contributed by atoms with van der Waals surface area (Å²) in [5.41, 5.74) is -0.284. The minimum Gasteiger partial charge on any atom is -0.506 e. The van der Waals surface area contributed by atoms with E-state index in [4.69, 9.17) is 26.0 Å². The number of aromatic nitrogens is 1. The van der Waals surface area contributed by atoms with Crippen LogP contribution in [0.15, 0.2) is 82.3 Å². The first-order valence-corrected chi connectivity index (χ1v) is 19.8. The summed E-state index contributed by atoms with van der Waals surface area (Å²) in [6.07, 6.45) is 0.853. The average Bonchev–Trinajstić information content (AvgIpc) is 3.95. The molecule has 1 unspecified atom stereocenters. The van der Waals surface area contributed by atoms with E-state index in [1.54, 1.807) is 54.6 Å². The molecule has 55 heavy (non-hydrogen) atoms. The van der Waals surface area contributed by atoms with Crippen LogP contribution < -0.4 is 20.0 Å². The molecule has 16 heteroatoms. The lowest BCUT2D eigenvalue weighted by molar-refractivity contribution is -0.169. The number of nitrogens with one attached hydrogen (secondary N) is 2. The number of carbonyl (C=O) groups is 2. The normalized spacial score (nSPS) is 16.5. The monoisotopic (exact) mass is 810 g/mol. The van der Waals surface area contributed by atoms with Crippen LogP contribution in [0.25, 0.3) is 10.9 Å². The number of aliphatic hydroxyl groups is 2. The van der Waals surface area contributed by atoms with Gasteiger partial charge in [0.25, 0.3) is 0 Å². The zero-order chi connectivity index (χ0) is 39.1. The van der Waals surface area contributed by atoms with Crippen LogP contribution in [0.4, 0.5) is 10.5 Å². The van der Waals surface area contributed by atoms with Crippen molar-refractivity contribution in [3.8, 4) is 11.5 Å². The number of nitrogens with zero attached hydrogens (tertiary/aromatic N) is 2. The van der Waals surface area contributed by atoms with Crippen LogP contribution in [0.2, 0.25) is 0 Å². The number of pyridine rings is 1. The number of amides is 1. The molecule has 1 aliphatic carbocycles. The van der Waals surface area contributed by atoms with Crippen molar-refractivity contribution in [2.45, 2.75) is 56.1 Å². The van der Waals surface area contributed by atoms with Crippen LogP contribution >= 0.6 is 34.5 Å². The lowest BCUT2D eigenvalue weighted by Gasteiger charge is -2.35. The van der Waals surface area contributed by atoms with E-state index in [0.717, 1.165) is 22.8 Å². The van der Waals surface area contributed by atoms with Gasteiger partial charge in [0.15, 0.2) is 0 Å². The summed E-state index contributed by atoms with van der Waals surface area (Å²) in [6, 6.07) is 18.2. The van der Waals surface area contributed by atoms with Crippen LogP contribution in [0.1, 0.15) is 52.7 Å². The Morgan fingerprint density at radius 2 is 1.75 bits per heavy atom. The fraction of sp³-hybridized carbons (Fsp3) is 0.359. The largest absolute Gasteiger partial charge is 0.506 e. The van der Waals surface area contributed by atoms with Gasteiger partial charge in [-0.3, -0.25) is 4.79 Å². The van der Waals surface area contributed by atoms with Crippen molar-refractivity contribution in [1.82, 2.24) is 15.2 Å². The third-order valence-corrected chi connectivity index (χ3v) is 12.1. The second-order valence-electron chi connectivity index (χ2n) is 13.3. The number of esters is 1. The second-order valence-corrected chi connectivity index (χ2v) is 15.5. The van der Waals surface area contributed by atoms with Gasteiger partial charge in [-0.15, -0.1) is 22.7 Å². The molecular weight excluding hydrogens is 768 g/mol. The summed E-state index contributed by atoms with van der Waals surface area (Å²) >= 11 is 9.01. The maximum atomic E-state index is 13.4. The molecule has 1 atom stereocenters. The van der Waals surface area contributed by atoms with Crippen molar-refractivity contribution in [3.05, 3.63) is 109 Å². The number of hydrogen-bond acceptors (Lipinski definition) is 13. The lowest BCUT2D eigenvalue weighted by Crippen LogP contribution is -2.42. The number of phenolic OH excluding ortho intramolecular Hbond substituents is 1. The molecule has 0 aliphatic heterocycles. The highest BCUT2D eigenvalue weighted by Crippen LogP contribution is 2.38. The Morgan fingerprint density at radius 1 is 1.04 bits per heavy atom. The number of methoxy groups -OCH3 is 1. The third kappa shape index (κ3) is 9.15. The van der Waals surface area contributed by atoms with E-state index in [1.165, 1.54) is 41.9 Å². The Morgan fingerprint density at radius 3 is 2.40 bits per heavy atom. The number of aromatic hydroxyl groups is 1. The lowest BCUT2D eigenvalue weighted by atomic mass is 9.91.